The lowest BCUT2D eigenvalue weighted by molar-refractivity contribution is -0.214. The summed E-state index contributed by atoms with van der Waals surface area (Å²) in [7, 11) is 3.46. The Morgan fingerprint density at radius 1 is 0.727 bits per heavy atom. The molecule has 0 spiro atoms. The maximum absolute atomic E-state index is 11.0. The van der Waals surface area contributed by atoms with Crippen LogP contribution in [-0.2, 0) is 12.8 Å². The molecular formula is C41H58O3. The summed E-state index contributed by atoms with van der Waals surface area (Å²) in [5.41, 5.74) is 5.52. The van der Waals surface area contributed by atoms with E-state index in [0.717, 1.165) is 48.0 Å². The van der Waals surface area contributed by atoms with E-state index in [-0.39, 0.29) is 11.5 Å². The first-order chi connectivity index (χ1) is 21.0. The van der Waals surface area contributed by atoms with Crippen molar-refractivity contribution in [2.75, 3.05) is 14.2 Å². The van der Waals surface area contributed by atoms with Crippen LogP contribution < -0.4 is 9.47 Å². The van der Waals surface area contributed by atoms with Gasteiger partial charge in [-0.15, -0.1) is 0 Å². The summed E-state index contributed by atoms with van der Waals surface area (Å²) in [6, 6.07) is 15.7. The number of aliphatic hydroxyl groups excluding tert-OH is 1. The molecule has 5 aliphatic rings. The van der Waals surface area contributed by atoms with Crippen LogP contribution in [0.15, 0.2) is 42.5 Å². The van der Waals surface area contributed by atoms with Crippen LogP contribution in [0.3, 0.4) is 0 Å². The molecule has 5 saturated carbocycles. The predicted molar refractivity (Wildman–Crippen MR) is 179 cm³/mol. The molecule has 5 aliphatic carbocycles. The van der Waals surface area contributed by atoms with E-state index in [2.05, 4.69) is 58.0 Å². The molecule has 0 amide bonds. The Morgan fingerprint density at radius 3 is 2.32 bits per heavy atom. The molecule has 5 fully saturated rings. The smallest absolute Gasteiger partial charge is 0.126 e. The normalized spacial score (nSPS) is 40.7. The second-order valence-electron chi connectivity index (χ2n) is 17.1. The van der Waals surface area contributed by atoms with Gasteiger partial charge in [-0.3, -0.25) is 0 Å². The Kier molecular flexibility index (Phi) is 7.71. The van der Waals surface area contributed by atoms with Crippen LogP contribution in [0, 0.1) is 51.2 Å². The Bertz CT molecular complexity index is 1360. The molecule has 7 rings (SSSR count). The molecule has 0 aliphatic heterocycles. The first-order valence-corrected chi connectivity index (χ1v) is 18.0. The fraction of sp³-hybridized carbons (Fsp3) is 0.707. The molecule has 9 unspecified atom stereocenters. The van der Waals surface area contributed by atoms with Gasteiger partial charge in [0.1, 0.15) is 11.5 Å². The topological polar surface area (TPSA) is 38.7 Å². The highest BCUT2D eigenvalue weighted by Crippen LogP contribution is 2.73. The van der Waals surface area contributed by atoms with Crippen molar-refractivity contribution >= 4 is 0 Å². The molecular weight excluding hydrogens is 540 g/mol. The van der Waals surface area contributed by atoms with Gasteiger partial charge in [0.25, 0.3) is 0 Å². The lowest BCUT2D eigenvalue weighted by atomic mass is 9.36. The van der Waals surface area contributed by atoms with Crippen LogP contribution in [0.5, 0.6) is 11.5 Å². The summed E-state index contributed by atoms with van der Waals surface area (Å²) >= 11 is 0. The lowest BCUT2D eigenvalue weighted by Gasteiger charge is -2.69. The van der Waals surface area contributed by atoms with Crippen LogP contribution in [0.4, 0.5) is 0 Å². The Hall–Kier alpha value is -2.00. The van der Waals surface area contributed by atoms with Gasteiger partial charge in [-0.05, 0) is 145 Å². The molecule has 0 heterocycles. The molecule has 3 nitrogen and oxygen atoms in total. The largest absolute Gasteiger partial charge is 0.497 e. The first kappa shape index (κ1) is 30.6. The third-order valence-corrected chi connectivity index (χ3v) is 15.1. The lowest BCUT2D eigenvalue weighted by Crippen LogP contribution is -2.63. The number of fused-ring (bicyclic) bond motifs is 7. The summed E-state index contributed by atoms with van der Waals surface area (Å²) in [6.45, 7) is 10.2. The number of benzene rings is 2. The van der Waals surface area contributed by atoms with Crippen molar-refractivity contribution in [1.82, 2.24) is 0 Å². The van der Waals surface area contributed by atoms with E-state index in [0.29, 0.717) is 22.2 Å². The minimum atomic E-state index is -0.133. The van der Waals surface area contributed by atoms with Crippen molar-refractivity contribution in [3.8, 4) is 11.5 Å². The van der Waals surface area contributed by atoms with Crippen molar-refractivity contribution in [3.63, 3.8) is 0 Å². The van der Waals surface area contributed by atoms with Gasteiger partial charge >= 0.3 is 0 Å². The van der Waals surface area contributed by atoms with Crippen LogP contribution in [0.1, 0.15) is 115 Å². The quantitative estimate of drug-likeness (QED) is 0.360. The van der Waals surface area contributed by atoms with Crippen LogP contribution in [-0.4, -0.2) is 25.4 Å². The van der Waals surface area contributed by atoms with Crippen LogP contribution in [0.25, 0.3) is 0 Å². The molecule has 0 saturated heterocycles. The minimum Gasteiger partial charge on any atom is -0.497 e. The summed E-state index contributed by atoms with van der Waals surface area (Å²) in [5.74, 6) is 5.91. The number of ether oxygens (including phenoxy) is 2. The summed E-state index contributed by atoms with van der Waals surface area (Å²) in [5, 5.41) is 11.0. The molecule has 0 bridgehead atoms. The van der Waals surface area contributed by atoms with E-state index in [9.17, 15) is 5.11 Å². The summed E-state index contributed by atoms with van der Waals surface area (Å²) < 4.78 is 11.2. The second kappa shape index (κ2) is 11.1. The first-order valence-electron chi connectivity index (χ1n) is 18.0. The monoisotopic (exact) mass is 598 g/mol. The fourth-order valence-corrected chi connectivity index (χ4v) is 13.1. The van der Waals surface area contributed by atoms with Gasteiger partial charge < -0.3 is 14.6 Å². The van der Waals surface area contributed by atoms with Gasteiger partial charge in [0.15, 0.2) is 0 Å². The van der Waals surface area contributed by atoms with E-state index < -0.39 is 0 Å². The number of hydrogen-bond acceptors (Lipinski definition) is 3. The molecule has 9 atom stereocenters. The van der Waals surface area contributed by atoms with Gasteiger partial charge in [-0.25, -0.2) is 0 Å². The van der Waals surface area contributed by atoms with Crippen molar-refractivity contribution in [2.45, 2.75) is 117 Å². The van der Waals surface area contributed by atoms with Gasteiger partial charge in [0.05, 0.1) is 20.3 Å². The highest BCUT2D eigenvalue weighted by Gasteiger charge is 2.66. The number of hydrogen-bond donors (Lipinski definition) is 1. The zero-order valence-electron chi connectivity index (χ0n) is 28.5. The van der Waals surface area contributed by atoms with E-state index in [4.69, 9.17) is 9.47 Å². The van der Waals surface area contributed by atoms with Crippen LogP contribution in [0.2, 0.25) is 0 Å². The Morgan fingerprint density at radius 2 is 1.52 bits per heavy atom. The molecule has 44 heavy (non-hydrogen) atoms. The van der Waals surface area contributed by atoms with E-state index >= 15 is 0 Å². The maximum atomic E-state index is 11.0. The number of methoxy groups -OCH3 is 2. The van der Waals surface area contributed by atoms with Crippen molar-refractivity contribution in [2.24, 2.45) is 51.2 Å². The third-order valence-electron chi connectivity index (χ3n) is 15.1. The van der Waals surface area contributed by atoms with Gasteiger partial charge in [-0.1, -0.05) is 64.4 Å². The molecule has 1 N–H and O–H groups in total. The average Bonchev–Trinajstić information content (AvgIpc) is 3.43. The molecule has 3 heteroatoms. The van der Waals surface area contributed by atoms with E-state index in [1.54, 1.807) is 14.2 Å². The minimum absolute atomic E-state index is 0.0470. The number of rotatable bonds is 6. The zero-order chi connectivity index (χ0) is 30.9. The molecule has 2 aromatic rings. The highest BCUT2D eigenvalue weighted by atomic mass is 16.5. The third kappa shape index (κ3) is 4.68. The SMILES string of the molecule is COc1ccc(Cc2cccc(CC34CCCC3C3CCC5C(C)(CCC6C(C)(C)C(O)CCC65C)C3CC4)c2)c(OC)c1. The predicted octanol–water partition coefficient (Wildman–Crippen LogP) is 9.66. The molecule has 2 aromatic carbocycles. The Labute approximate surface area is 267 Å². The van der Waals surface area contributed by atoms with Crippen molar-refractivity contribution in [3.05, 3.63) is 59.2 Å². The second-order valence-corrected chi connectivity index (χ2v) is 17.1. The molecule has 240 valence electrons. The summed E-state index contributed by atoms with van der Waals surface area (Å²) in [4.78, 5) is 0. The molecule has 0 radical (unpaired) electrons. The highest BCUT2D eigenvalue weighted by molar-refractivity contribution is 5.43. The molecule has 0 aromatic heterocycles. The van der Waals surface area contributed by atoms with Crippen LogP contribution >= 0.6 is 0 Å². The van der Waals surface area contributed by atoms with Gasteiger partial charge in [0.2, 0.25) is 0 Å². The summed E-state index contributed by atoms with van der Waals surface area (Å²) in [6.07, 6.45) is 16.9. The van der Waals surface area contributed by atoms with E-state index in [1.165, 1.54) is 87.3 Å². The zero-order valence-corrected chi connectivity index (χ0v) is 28.5. The standard InChI is InChI=1S/C41H58O3/c1-38(2)35-17-20-39(3)32-16-22-41(19-8-11-33(41)31(32)14-15-36(39)40(35,4)21-18-37(38)42)26-28-10-7-9-27(23-28)24-29-12-13-30(43-5)25-34(29)44-6/h7,9-10,12-13,23,25,31-33,35-37,42H,8,11,14-22,24,26H2,1-6H3. The van der Waals surface area contributed by atoms with Crippen molar-refractivity contribution in [1.29, 1.82) is 0 Å². The maximum Gasteiger partial charge on any atom is 0.126 e. The number of aliphatic hydroxyl groups is 1. The van der Waals surface area contributed by atoms with Gasteiger partial charge in [0, 0.05) is 12.5 Å². The van der Waals surface area contributed by atoms with Crippen molar-refractivity contribution < 1.29 is 14.6 Å². The van der Waals surface area contributed by atoms with Gasteiger partial charge in [-0.2, -0.15) is 0 Å². The van der Waals surface area contributed by atoms with E-state index in [1.807, 2.05) is 12.1 Å². The average molecular weight is 599 g/mol. The fourth-order valence-electron chi connectivity index (χ4n) is 13.1. The Balaban J connectivity index is 1.11.